The first-order chi connectivity index (χ1) is 10.6. The van der Waals surface area contributed by atoms with Gasteiger partial charge >= 0.3 is 5.97 Å². The van der Waals surface area contributed by atoms with E-state index in [1.807, 2.05) is 0 Å². The van der Waals surface area contributed by atoms with Gasteiger partial charge in [-0.25, -0.2) is 17.9 Å². The lowest BCUT2D eigenvalue weighted by molar-refractivity contribution is 0.0696. The van der Waals surface area contributed by atoms with Crippen LogP contribution in [0, 0.1) is 0 Å². The third-order valence-corrected chi connectivity index (χ3v) is 4.65. The molecule has 1 aromatic carbocycles. The predicted molar refractivity (Wildman–Crippen MR) is 86.7 cm³/mol. The number of carboxylic acid groups (broad SMARTS) is 1. The van der Waals surface area contributed by atoms with Gasteiger partial charge in [-0.3, -0.25) is 4.98 Å². The summed E-state index contributed by atoms with van der Waals surface area (Å²) in [6, 6.07) is 9.34. The molecule has 2 N–H and O–H groups in total. The zero-order chi connectivity index (χ0) is 17.3. The second-order valence-electron chi connectivity index (χ2n) is 6.12. The van der Waals surface area contributed by atoms with Gasteiger partial charge in [-0.05, 0) is 45.0 Å². The largest absolute Gasteiger partial charge is 0.478 e. The van der Waals surface area contributed by atoms with Gasteiger partial charge in [0.15, 0.2) is 0 Å². The van der Waals surface area contributed by atoms with E-state index in [4.69, 9.17) is 5.11 Å². The molecule has 0 radical (unpaired) electrons. The first kappa shape index (κ1) is 17.1. The molecule has 1 heterocycles. The van der Waals surface area contributed by atoms with Crippen molar-refractivity contribution in [1.82, 2.24) is 9.71 Å². The van der Waals surface area contributed by atoms with Crippen LogP contribution in [0.4, 0.5) is 0 Å². The Morgan fingerprint density at radius 1 is 1.17 bits per heavy atom. The van der Waals surface area contributed by atoms with Crippen molar-refractivity contribution >= 4 is 16.0 Å². The second-order valence-corrected chi connectivity index (χ2v) is 7.80. The molecule has 2 aromatic rings. The highest BCUT2D eigenvalue weighted by Crippen LogP contribution is 2.22. The van der Waals surface area contributed by atoms with Crippen molar-refractivity contribution in [2.75, 3.05) is 0 Å². The maximum absolute atomic E-state index is 12.4. The molecule has 0 bridgehead atoms. The Labute approximate surface area is 135 Å². The number of carbonyl (C=O) groups is 1. The van der Waals surface area contributed by atoms with Crippen LogP contribution in [0.3, 0.4) is 0 Å². The molecule has 0 amide bonds. The first-order valence-corrected chi connectivity index (χ1v) is 8.41. The molecular weight excluding hydrogens is 316 g/mol. The Morgan fingerprint density at radius 3 is 2.39 bits per heavy atom. The lowest BCUT2D eigenvalue weighted by Gasteiger charge is -2.20. The molecule has 0 fully saturated rings. The van der Waals surface area contributed by atoms with Crippen molar-refractivity contribution in [1.29, 1.82) is 0 Å². The molecule has 122 valence electrons. The summed E-state index contributed by atoms with van der Waals surface area (Å²) in [5.74, 6) is -1.06. The van der Waals surface area contributed by atoms with E-state index in [1.54, 1.807) is 39.0 Å². The number of sulfonamides is 1. The van der Waals surface area contributed by atoms with Crippen molar-refractivity contribution in [3.8, 4) is 11.3 Å². The van der Waals surface area contributed by atoms with E-state index in [9.17, 15) is 13.2 Å². The molecule has 0 saturated carbocycles. The Kier molecular flexibility index (Phi) is 4.53. The van der Waals surface area contributed by atoms with E-state index in [1.165, 1.54) is 24.4 Å². The maximum atomic E-state index is 12.4. The van der Waals surface area contributed by atoms with Gasteiger partial charge in [0.25, 0.3) is 0 Å². The molecule has 7 heteroatoms. The Morgan fingerprint density at radius 2 is 1.87 bits per heavy atom. The number of nitrogens with one attached hydrogen (secondary N) is 1. The van der Waals surface area contributed by atoms with Crippen LogP contribution in [0.25, 0.3) is 11.3 Å². The Balaban J connectivity index is 2.38. The minimum absolute atomic E-state index is 0.0759. The van der Waals surface area contributed by atoms with E-state index >= 15 is 0 Å². The van der Waals surface area contributed by atoms with Crippen LogP contribution in [-0.2, 0) is 10.0 Å². The average Bonchev–Trinajstić information content (AvgIpc) is 2.45. The van der Waals surface area contributed by atoms with E-state index in [2.05, 4.69) is 9.71 Å². The molecule has 6 nitrogen and oxygen atoms in total. The molecule has 1 aromatic heterocycles. The summed E-state index contributed by atoms with van der Waals surface area (Å²) in [6.45, 7) is 5.29. The molecule has 0 saturated heterocycles. The normalized spacial score (nSPS) is 12.1. The van der Waals surface area contributed by atoms with Gasteiger partial charge in [-0.15, -0.1) is 0 Å². The van der Waals surface area contributed by atoms with Crippen LogP contribution in [0.1, 0.15) is 31.1 Å². The van der Waals surface area contributed by atoms with Gasteiger partial charge in [-0.2, -0.15) is 0 Å². The third kappa shape index (κ3) is 4.37. The monoisotopic (exact) mass is 334 g/mol. The van der Waals surface area contributed by atoms with E-state index in [0.717, 1.165) is 0 Å². The fraction of sp³-hybridized carbons (Fsp3) is 0.250. The quantitative estimate of drug-likeness (QED) is 0.895. The molecule has 0 aliphatic carbocycles. The van der Waals surface area contributed by atoms with Gasteiger partial charge in [0, 0.05) is 17.3 Å². The average molecular weight is 334 g/mol. The number of hydrogen-bond acceptors (Lipinski definition) is 4. The zero-order valence-electron chi connectivity index (χ0n) is 13.1. The fourth-order valence-electron chi connectivity index (χ4n) is 1.98. The minimum Gasteiger partial charge on any atom is -0.478 e. The smallest absolute Gasteiger partial charge is 0.337 e. The van der Waals surface area contributed by atoms with Crippen LogP contribution in [-0.4, -0.2) is 30.0 Å². The summed E-state index contributed by atoms with van der Waals surface area (Å²) in [5, 5.41) is 8.88. The molecule has 0 aliphatic rings. The van der Waals surface area contributed by atoms with Crippen molar-refractivity contribution in [2.45, 2.75) is 31.2 Å². The van der Waals surface area contributed by atoms with E-state index in [0.29, 0.717) is 11.3 Å². The molecule has 0 spiro atoms. The lowest BCUT2D eigenvalue weighted by Crippen LogP contribution is -2.40. The van der Waals surface area contributed by atoms with Crippen LogP contribution in [0.2, 0.25) is 0 Å². The van der Waals surface area contributed by atoms with Crippen molar-refractivity contribution in [3.63, 3.8) is 0 Å². The number of nitrogens with zero attached hydrogens (tertiary/aromatic N) is 1. The number of carboxylic acids is 1. The molecule has 2 rings (SSSR count). The van der Waals surface area contributed by atoms with Crippen LogP contribution in [0.15, 0.2) is 47.5 Å². The highest BCUT2D eigenvalue weighted by Gasteiger charge is 2.22. The number of hydrogen-bond donors (Lipinski definition) is 2. The summed E-state index contributed by atoms with van der Waals surface area (Å²) in [4.78, 5) is 15.0. The van der Waals surface area contributed by atoms with Crippen LogP contribution in [0.5, 0.6) is 0 Å². The van der Waals surface area contributed by atoms with Crippen molar-refractivity contribution in [2.24, 2.45) is 0 Å². The van der Waals surface area contributed by atoms with Gasteiger partial charge in [-0.1, -0.05) is 12.1 Å². The molecule has 0 unspecified atom stereocenters. The molecule has 23 heavy (non-hydrogen) atoms. The van der Waals surface area contributed by atoms with Crippen LogP contribution < -0.4 is 4.72 Å². The fourth-order valence-corrected chi connectivity index (χ4v) is 3.44. The van der Waals surface area contributed by atoms with Gasteiger partial charge in [0.05, 0.1) is 16.2 Å². The summed E-state index contributed by atoms with van der Waals surface area (Å²) in [5.41, 5.74) is 0.587. The number of aromatic carboxylic acids is 1. The molecule has 0 atom stereocenters. The number of pyridine rings is 1. The lowest BCUT2D eigenvalue weighted by atomic mass is 10.1. The second kappa shape index (κ2) is 6.10. The van der Waals surface area contributed by atoms with Crippen molar-refractivity contribution in [3.05, 3.63) is 48.2 Å². The number of aromatic nitrogens is 1. The number of rotatable bonds is 4. The highest BCUT2D eigenvalue weighted by atomic mass is 32.2. The minimum atomic E-state index is -3.64. The topological polar surface area (TPSA) is 96.4 Å². The first-order valence-electron chi connectivity index (χ1n) is 6.92. The van der Waals surface area contributed by atoms with Gasteiger partial charge in [0.1, 0.15) is 0 Å². The van der Waals surface area contributed by atoms with E-state index < -0.39 is 21.5 Å². The van der Waals surface area contributed by atoms with Gasteiger partial charge in [0.2, 0.25) is 10.0 Å². The van der Waals surface area contributed by atoms with Crippen LogP contribution >= 0.6 is 0 Å². The maximum Gasteiger partial charge on any atom is 0.337 e. The third-order valence-electron chi connectivity index (χ3n) is 2.89. The summed E-state index contributed by atoms with van der Waals surface area (Å²) in [7, 11) is -3.64. The predicted octanol–water partition coefficient (Wildman–Crippen LogP) is 2.52. The van der Waals surface area contributed by atoms with E-state index in [-0.39, 0.29) is 10.5 Å². The highest BCUT2D eigenvalue weighted by molar-refractivity contribution is 7.89. The van der Waals surface area contributed by atoms with Gasteiger partial charge < -0.3 is 5.11 Å². The summed E-state index contributed by atoms with van der Waals surface area (Å²) in [6.07, 6.45) is 1.24. The van der Waals surface area contributed by atoms with Crippen molar-refractivity contribution < 1.29 is 18.3 Å². The molecular formula is C16H18N2O4S. The summed E-state index contributed by atoms with van der Waals surface area (Å²) < 4.78 is 27.3. The summed E-state index contributed by atoms with van der Waals surface area (Å²) >= 11 is 0. The number of benzene rings is 1. The Hall–Kier alpha value is -2.25. The Bertz CT molecular complexity index is 822. The standard InChI is InChI=1S/C16H18N2O4S/c1-16(2,3)18-23(21,22)13-6-4-5-11(9-13)14-8-7-12(10-17-14)15(19)20/h4-10,18H,1-3H3,(H,19,20). The molecule has 0 aliphatic heterocycles. The SMILES string of the molecule is CC(C)(C)NS(=O)(=O)c1cccc(-c2ccc(C(=O)O)cn2)c1. The zero-order valence-corrected chi connectivity index (χ0v) is 13.9.